The average Bonchev–Trinajstić information content (AvgIpc) is 3.42. The molecule has 146 valence electrons. The van der Waals surface area contributed by atoms with Crippen LogP contribution in [0.25, 0.3) is 0 Å². The Morgan fingerprint density at radius 2 is 1.90 bits per heavy atom. The third-order valence-electron chi connectivity index (χ3n) is 4.55. The third kappa shape index (κ3) is 5.41. The predicted molar refractivity (Wildman–Crippen MR) is 116 cm³/mol. The minimum atomic E-state index is 0.191. The highest BCUT2D eigenvalue weighted by Crippen LogP contribution is 2.27. The number of hydrogen-bond donors (Lipinski definition) is 0. The molecule has 29 heavy (non-hydrogen) atoms. The van der Waals surface area contributed by atoms with Crippen LogP contribution in [0.15, 0.2) is 66.3 Å². The van der Waals surface area contributed by atoms with Crippen LogP contribution in [-0.2, 0) is 18.0 Å². The van der Waals surface area contributed by atoms with E-state index in [9.17, 15) is 0 Å². The topological polar surface area (TPSA) is 39.4 Å². The van der Waals surface area contributed by atoms with Crippen molar-refractivity contribution in [3.05, 3.63) is 87.9 Å². The molecule has 1 aliphatic rings. The second-order valence-electron chi connectivity index (χ2n) is 6.87. The van der Waals surface area contributed by atoms with Crippen molar-refractivity contribution in [3.63, 3.8) is 0 Å². The Hall–Kier alpha value is -2.74. The van der Waals surface area contributed by atoms with Crippen molar-refractivity contribution >= 4 is 28.9 Å². The lowest BCUT2D eigenvalue weighted by Gasteiger charge is -2.10. The van der Waals surface area contributed by atoms with Gasteiger partial charge in [-0.05, 0) is 37.1 Å². The first-order valence-electron chi connectivity index (χ1n) is 9.38. The summed E-state index contributed by atoms with van der Waals surface area (Å²) >= 11 is 12.4. The van der Waals surface area contributed by atoms with E-state index in [0.29, 0.717) is 28.1 Å². The van der Waals surface area contributed by atoms with Gasteiger partial charge in [-0.1, -0.05) is 58.4 Å². The van der Waals surface area contributed by atoms with Gasteiger partial charge in [-0.25, -0.2) is 4.98 Å². The highest BCUT2D eigenvalue weighted by molar-refractivity contribution is 6.35. The molecule has 0 N–H and O–H groups in total. The zero-order chi connectivity index (χ0) is 20.1. The summed E-state index contributed by atoms with van der Waals surface area (Å²) in [6.07, 6.45) is 7.81. The van der Waals surface area contributed by atoms with Crippen molar-refractivity contribution in [1.82, 2.24) is 9.55 Å². The van der Waals surface area contributed by atoms with E-state index in [2.05, 4.69) is 22.0 Å². The van der Waals surface area contributed by atoms with Crippen LogP contribution < -0.4 is 0 Å². The molecule has 0 radical (unpaired) electrons. The van der Waals surface area contributed by atoms with Crippen molar-refractivity contribution in [2.75, 3.05) is 0 Å². The number of benzene rings is 2. The first kappa shape index (κ1) is 19.6. The van der Waals surface area contributed by atoms with E-state index in [0.717, 1.165) is 16.8 Å². The van der Waals surface area contributed by atoms with Gasteiger partial charge < -0.3 is 9.40 Å². The Bertz CT molecular complexity index is 1040. The van der Waals surface area contributed by atoms with Crippen molar-refractivity contribution in [2.24, 2.45) is 11.1 Å². The molecular formula is C23H19Cl2N3O. The molecular weight excluding hydrogens is 405 g/mol. The van der Waals surface area contributed by atoms with E-state index >= 15 is 0 Å². The first-order valence-corrected chi connectivity index (χ1v) is 10.1. The molecule has 1 fully saturated rings. The Morgan fingerprint density at radius 3 is 2.55 bits per heavy atom. The molecule has 3 aromatic rings. The van der Waals surface area contributed by atoms with E-state index in [-0.39, 0.29) is 6.61 Å². The van der Waals surface area contributed by atoms with Crippen molar-refractivity contribution in [1.29, 1.82) is 0 Å². The summed E-state index contributed by atoms with van der Waals surface area (Å²) in [6.45, 7) is 0.722. The molecule has 0 spiro atoms. The molecule has 0 amide bonds. The van der Waals surface area contributed by atoms with Gasteiger partial charge in [0.2, 0.25) is 0 Å². The number of aromatic nitrogens is 2. The Balaban J connectivity index is 1.52. The second-order valence-corrected chi connectivity index (χ2v) is 7.68. The largest absolute Gasteiger partial charge is 0.391 e. The quantitative estimate of drug-likeness (QED) is 0.295. The van der Waals surface area contributed by atoms with Gasteiger partial charge >= 0.3 is 0 Å². The number of halogens is 2. The maximum Gasteiger partial charge on any atom is 0.145 e. The summed E-state index contributed by atoms with van der Waals surface area (Å²) in [4.78, 5) is 9.72. The maximum atomic E-state index is 6.21. The van der Waals surface area contributed by atoms with Gasteiger partial charge in [0, 0.05) is 45.0 Å². The van der Waals surface area contributed by atoms with Gasteiger partial charge in [-0.15, -0.1) is 0 Å². The van der Waals surface area contributed by atoms with Crippen molar-refractivity contribution in [3.8, 4) is 11.8 Å². The summed E-state index contributed by atoms with van der Waals surface area (Å²) in [5.74, 6) is 7.09. The van der Waals surface area contributed by atoms with Gasteiger partial charge in [-0.2, -0.15) is 0 Å². The SMILES string of the molecule is Clc1cccc(Cl)c1CO/N=C(\Cn1ccnc1)c1ccc(C#CC2CC2)cc1. The fraction of sp³-hybridized carbons (Fsp3) is 0.217. The molecule has 0 bridgehead atoms. The molecule has 1 aliphatic carbocycles. The lowest BCUT2D eigenvalue weighted by Crippen LogP contribution is -2.11. The molecule has 0 atom stereocenters. The van der Waals surface area contributed by atoms with E-state index < -0.39 is 0 Å². The van der Waals surface area contributed by atoms with Crippen LogP contribution in [0.2, 0.25) is 10.0 Å². The lowest BCUT2D eigenvalue weighted by molar-refractivity contribution is 0.130. The molecule has 0 aliphatic heterocycles. The Morgan fingerprint density at radius 1 is 1.14 bits per heavy atom. The molecule has 4 nitrogen and oxygen atoms in total. The fourth-order valence-electron chi connectivity index (χ4n) is 2.73. The summed E-state index contributed by atoms with van der Waals surface area (Å²) in [5.41, 5.74) is 3.45. The van der Waals surface area contributed by atoms with Gasteiger partial charge in [-0.3, -0.25) is 0 Å². The van der Waals surface area contributed by atoms with E-state index in [1.807, 2.05) is 35.0 Å². The van der Waals surface area contributed by atoms with E-state index in [4.69, 9.17) is 28.0 Å². The average molecular weight is 424 g/mol. The number of hydrogen-bond acceptors (Lipinski definition) is 3. The molecule has 0 unspecified atom stereocenters. The molecule has 1 aromatic heterocycles. The highest BCUT2D eigenvalue weighted by atomic mass is 35.5. The van der Waals surface area contributed by atoms with Crippen molar-refractivity contribution in [2.45, 2.75) is 26.0 Å². The Kier molecular flexibility index (Phi) is 6.19. The van der Waals surface area contributed by atoms with Crippen molar-refractivity contribution < 1.29 is 4.84 Å². The molecule has 0 saturated heterocycles. The monoisotopic (exact) mass is 423 g/mol. The minimum absolute atomic E-state index is 0.191. The van der Waals surface area contributed by atoms with Gasteiger partial charge in [0.1, 0.15) is 12.3 Å². The number of nitrogens with zero attached hydrogens (tertiary/aromatic N) is 3. The molecule has 6 heteroatoms. The van der Waals surface area contributed by atoms with Gasteiger partial charge in [0.25, 0.3) is 0 Å². The summed E-state index contributed by atoms with van der Waals surface area (Å²) < 4.78 is 1.94. The van der Waals surface area contributed by atoms with E-state index in [1.165, 1.54) is 12.8 Å². The third-order valence-corrected chi connectivity index (χ3v) is 5.26. The van der Waals surface area contributed by atoms with Crippen LogP contribution in [0, 0.1) is 17.8 Å². The van der Waals surface area contributed by atoms with Crippen LogP contribution in [0.1, 0.15) is 29.5 Å². The van der Waals surface area contributed by atoms with Gasteiger partial charge in [0.05, 0.1) is 12.9 Å². The second kappa shape index (κ2) is 9.17. The highest BCUT2D eigenvalue weighted by Gasteiger charge is 2.17. The van der Waals surface area contributed by atoms with Crippen LogP contribution in [0.3, 0.4) is 0 Å². The molecule has 2 aromatic carbocycles. The zero-order valence-corrected chi connectivity index (χ0v) is 17.2. The number of imidazole rings is 1. The normalized spacial score (nSPS) is 13.7. The fourth-order valence-corrected chi connectivity index (χ4v) is 3.24. The standard InChI is InChI=1S/C23H19Cl2N3O/c24-21-2-1-3-22(25)20(21)15-29-27-23(14-28-13-12-26-16-28)19-10-8-18(9-11-19)7-6-17-4-5-17/h1-3,8-13,16-17H,4-5,14-15H2/b27-23+. The minimum Gasteiger partial charge on any atom is -0.391 e. The van der Waals surface area contributed by atoms with Gasteiger partial charge in [0.15, 0.2) is 0 Å². The molecule has 1 saturated carbocycles. The zero-order valence-electron chi connectivity index (χ0n) is 15.7. The van der Waals surface area contributed by atoms with Crippen LogP contribution >= 0.6 is 23.2 Å². The maximum absolute atomic E-state index is 6.21. The van der Waals surface area contributed by atoms with Crippen LogP contribution in [-0.4, -0.2) is 15.3 Å². The smallest absolute Gasteiger partial charge is 0.145 e. The number of rotatable bonds is 6. The number of oxime groups is 1. The molecule has 1 heterocycles. The molecule has 4 rings (SSSR count). The first-order chi connectivity index (χ1) is 14.2. The predicted octanol–water partition coefficient (Wildman–Crippen LogP) is 5.57. The Labute approximate surface area is 180 Å². The van der Waals surface area contributed by atoms with Crippen LogP contribution in [0.4, 0.5) is 0 Å². The van der Waals surface area contributed by atoms with Crippen LogP contribution in [0.5, 0.6) is 0 Å². The lowest BCUT2D eigenvalue weighted by atomic mass is 10.1. The summed E-state index contributed by atoms with van der Waals surface area (Å²) in [7, 11) is 0. The summed E-state index contributed by atoms with van der Waals surface area (Å²) in [5, 5.41) is 5.49. The summed E-state index contributed by atoms with van der Waals surface area (Å²) in [6, 6.07) is 13.4. The van der Waals surface area contributed by atoms with E-state index in [1.54, 1.807) is 30.7 Å².